The van der Waals surface area contributed by atoms with Gasteiger partial charge in [0.05, 0.1) is 6.10 Å². The number of piperidine rings is 1. The smallest absolute Gasteiger partial charge is 0.254 e. The fraction of sp³-hybridized carbons (Fsp3) is 0.579. The molecular weight excluding hydrogens is 304 g/mol. The van der Waals surface area contributed by atoms with Crippen molar-refractivity contribution in [1.82, 2.24) is 9.88 Å². The molecule has 0 saturated carbocycles. The molecule has 1 aromatic carbocycles. The van der Waals surface area contributed by atoms with Gasteiger partial charge in [-0.2, -0.15) is 0 Å². The molecule has 1 amide bonds. The number of hydrogen-bond donors (Lipinski definition) is 0. The third kappa shape index (κ3) is 3.61. The molecule has 0 aliphatic carbocycles. The lowest BCUT2D eigenvalue weighted by Gasteiger charge is -2.32. The second-order valence-electron chi connectivity index (χ2n) is 6.78. The van der Waals surface area contributed by atoms with Crippen LogP contribution in [0.3, 0.4) is 0 Å². The van der Waals surface area contributed by atoms with Gasteiger partial charge in [0.15, 0.2) is 11.5 Å². The van der Waals surface area contributed by atoms with Crippen molar-refractivity contribution >= 4 is 17.0 Å². The number of nitrogens with zero attached hydrogens (tertiary/aromatic N) is 2. The summed E-state index contributed by atoms with van der Waals surface area (Å²) in [6.07, 6.45) is 3.19. The molecule has 2 aromatic rings. The van der Waals surface area contributed by atoms with Gasteiger partial charge in [-0.3, -0.25) is 4.79 Å². The van der Waals surface area contributed by atoms with Crippen molar-refractivity contribution in [2.45, 2.75) is 52.1 Å². The first kappa shape index (κ1) is 17.0. The lowest BCUT2D eigenvalue weighted by molar-refractivity contribution is 0.00212. The summed E-state index contributed by atoms with van der Waals surface area (Å²) in [6, 6.07) is 5.51. The van der Waals surface area contributed by atoms with Crippen LogP contribution in [0, 0.1) is 0 Å². The van der Waals surface area contributed by atoms with Gasteiger partial charge in [-0.25, -0.2) is 4.98 Å². The molecule has 1 aliphatic heterocycles. The minimum absolute atomic E-state index is 0.0517. The van der Waals surface area contributed by atoms with E-state index in [-0.39, 0.29) is 17.9 Å². The largest absolute Gasteiger partial charge is 0.440 e. The normalized spacial score (nSPS) is 18.5. The highest BCUT2D eigenvalue weighted by Gasteiger charge is 2.25. The van der Waals surface area contributed by atoms with Gasteiger partial charge >= 0.3 is 0 Å². The van der Waals surface area contributed by atoms with E-state index in [1.54, 1.807) is 0 Å². The summed E-state index contributed by atoms with van der Waals surface area (Å²) in [5.41, 5.74) is 2.15. The van der Waals surface area contributed by atoms with Gasteiger partial charge in [-0.05, 0) is 37.5 Å². The highest BCUT2D eigenvalue weighted by molar-refractivity contribution is 5.97. The Morgan fingerprint density at radius 2 is 2.29 bits per heavy atom. The molecule has 5 nitrogen and oxygen atoms in total. The zero-order valence-corrected chi connectivity index (χ0v) is 14.7. The maximum absolute atomic E-state index is 12.8. The predicted molar refractivity (Wildman–Crippen MR) is 93.3 cm³/mol. The molecule has 2 heterocycles. The molecule has 1 aromatic heterocycles. The number of carbonyl (C=O) groups is 1. The second kappa shape index (κ2) is 7.34. The van der Waals surface area contributed by atoms with Crippen LogP contribution in [0.2, 0.25) is 0 Å². The first-order chi connectivity index (χ1) is 11.6. The number of hydrogen-bond acceptors (Lipinski definition) is 4. The molecular formula is C19H26N2O3. The van der Waals surface area contributed by atoms with Crippen LogP contribution in [0.25, 0.3) is 11.1 Å². The summed E-state index contributed by atoms with van der Waals surface area (Å²) in [7, 11) is 0. The zero-order chi connectivity index (χ0) is 17.1. The maximum Gasteiger partial charge on any atom is 0.254 e. The molecule has 1 atom stereocenters. The van der Waals surface area contributed by atoms with Gasteiger partial charge in [0.1, 0.15) is 5.52 Å². The number of oxazole rings is 1. The van der Waals surface area contributed by atoms with E-state index in [9.17, 15) is 4.79 Å². The van der Waals surface area contributed by atoms with Crippen LogP contribution < -0.4 is 0 Å². The Kier molecular flexibility index (Phi) is 5.19. The molecule has 130 valence electrons. The molecule has 1 aliphatic rings. The van der Waals surface area contributed by atoms with Crippen LogP contribution in [0.1, 0.15) is 62.2 Å². The average Bonchev–Trinajstić information content (AvgIpc) is 3.03. The first-order valence-corrected chi connectivity index (χ1v) is 8.90. The second-order valence-corrected chi connectivity index (χ2v) is 6.78. The molecule has 0 bridgehead atoms. The van der Waals surface area contributed by atoms with Crippen LogP contribution in [-0.2, 0) is 4.74 Å². The van der Waals surface area contributed by atoms with E-state index in [4.69, 9.17) is 9.15 Å². The van der Waals surface area contributed by atoms with E-state index < -0.39 is 0 Å². The Labute approximate surface area is 143 Å². The summed E-state index contributed by atoms with van der Waals surface area (Å²) in [4.78, 5) is 19.2. The van der Waals surface area contributed by atoms with Gasteiger partial charge < -0.3 is 14.1 Å². The van der Waals surface area contributed by atoms with Crippen molar-refractivity contribution in [3.8, 4) is 0 Å². The number of rotatable bonds is 5. The maximum atomic E-state index is 12.8. The Bertz CT molecular complexity index is 708. The lowest BCUT2D eigenvalue weighted by atomic mass is 10.1. The fourth-order valence-corrected chi connectivity index (χ4v) is 3.05. The van der Waals surface area contributed by atoms with Gasteiger partial charge in [0, 0.05) is 31.2 Å². The minimum atomic E-state index is 0.0517. The SMILES string of the molecule is CCCO[C@@H]1CCCN(C(=O)c2ccc3oc(C(C)C)nc3c2)C1. The highest BCUT2D eigenvalue weighted by Crippen LogP contribution is 2.23. The van der Waals surface area contributed by atoms with Crippen molar-refractivity contribution in [3.63, 3.8) is 0 Å². The third-order valence-corrected chi connectivity index (χ3v) is 4.37. The molecule has 0 spiro atoms. The summed E-state index contributed by atoms with van der Waals surface area (Å²) in [5, 5.41) is 0. The number of amides is 1. The number of fused-ring (bicyclic) bond motifs is 1. The Hall–Kier alpha value is -1.88. The number of aromatic nitrogens is 1. The van der Waals surface area contributed by atoms with Crippen LogP contribution in [0.15, 0.2) is 22.6 Å². The van der Waals surface area contributed by atoms with E-state index in [0.29, 0.717) is 18.0 Å². The third-order valence-electron chi connectivity index (χ3n) is 4.37. The molecule has 0 radical (unpaired) electrons. The Morgan fingerprint density at radius 3 is 3.04 bits per heavy atom. The van der Waals surface area contributed by atoms with Crippen molar-refractivity contribution < 1.29 is 13.9 Å². The number of ether oxygens (including phenoxy) is 1. The Balaban J connectivity index is 1.75. The summed E-state index contributed by atoms with van der Waals surface area (Å²) >= 11 is 0. The van der Waals surface area contributed by atoms with Crippen LogP contribution in [0.4, 0.5) is 0 Å². The highest BCUT2D eigenvalue weighted by atomic mass is 16.5. The van der Waals surface area contributed by atoms with Crippen molar-refractivity contribution in [2.75, 3.05) is 19.7 Å². The molecule has 5 heteroatoms. The van der Waals surface area contributed by atoms with Crippen LogP contribution in [0.5, 0.6) is 0 Å². The number of likely N-dealkylation sites (tertiary alicyclic amines) is 1. The molecule has 3 rings (SSSR count). The van der Waals surface area contributed by atoms with Gasteiger partial charge in [-0.1, -0.05) is 20.8 Å². The number of benzene rings is 1. The van der Waals surface area contributed by atoms with E-state index in [0.717, 1.165) is 43.5 Å². The monoisotopic (exact) mass is 330 g/mol. The van der Waals surface area contributed by atoms with Gasteiger partial charge in [-0.15, -0.1) is 0 Å². The fourth-order valence-electron chi connectivity index (χ4n) is 3.05. The quantitative estimate of drug-likeness (QED) is 0.832. The molecule has 0 unspecified atom stereocenters. The van der Waals surface area contributed by atoms with E-state index in [2.05, 4.69) is 11.9 Å². The molecule has 1 saturated heterocycles. The molecule has 24 heavy (non-hydrogen) atoms. The number of carbonyl (C=O) groups excluding carboxylic acids is 1. The van der Waals surface area contributed by atoms with Gasteiger partial charge in [0.25, 0.3) is 5.91 Å². The summed E-state index contributed by atoms with van der Waals surface area (Å²) < 4.78 is 11.5. The topological polar surface area (TPSA) is 55.6 Å². The van der Waals surface area contributed by atoms with Crippen LogP contribution in [-0.4, -0.2) is 41.6 Å². The summed E-state index contributed by atoms with van der Waals surface area (Å²) in [6.45, 7) is 8.41. The zero-order valence-electron chi connectivity index (χ0n) is 14.7. The predicted octanol–water partition coefficient (Wildman–Crippen LogP) is 3.98. The van der Waals surface area contributed by atoms with E-state index in [1.165, 1.54) is 0 Å². The average molecular weight is 330 g/mol. The van der Waals surface area contributed by atoms with Gasteiger partial charge in [0.2, 0.25) is 0 Å². The van der Waals surface area contributed by atoms with Crippen molar-refractivity contribution in [3.05, 3.63) is 29.7 Å². The first-order valence-electron chi connectivity index (χ1n) is 8.90. The standard InChI is InChI=1S/C19H26N2O3/c1-4-10-23-15-6-5-9-21(12-15)19(22)14-7-8-17-16(11-14)20-18(24-17)13(2)3/h7-8,11,13,15H,4-6,9-10,12H2,1-3H3/t15-/m1/s1. The van der Waals surface area contributed by atoms with E-state index in [1.807, 2.05) is 36.9 Å². The minimum Gasteiger partial charge on any atom is -0.440 e. The van der Waals surface area contributed by atoms with E-state index >= 15 is 0 Å². The van der Waals surface area contributed by atoms with Crippen molar-refractivity contribution in [1.29, 1.82) is 0 Å². The Morgan fingerprint density at radius 1 is 1.46 bits per heavy atom. The molecule has 1 fully saturated rings. The summed E-state index contributed by atoms with van der Waals surface area (Å²) in [5.74, 6) is 0.992. The van der Waals surface area contributed by atoms with Crippen LogP contribution >= 0.6 is 0 Å². The molecule has 0 N–H and O–H groups in total. The van der Waals surface area contributed by atoms with Crippen molar-refractivity contribution in [2.24, 2.45) is 0 Å². The lowest BCUT2D eigenvalue weighted by Crippen LogP contribution is -2.43.